The van der Waals surface area contributed by atoms with Gasteiger partial charge < -0.3 is 4.98 Å². The van der Waals surface area contributed by atoms with E-state index in [0.29, 0.717) is 22.0 Å². The Hall–Kier alpha value is -2.31. The van der Waals surface area contributed by atoms with Gasteiger partial charge in [0.05, 0.1) is 5.69 Å². The number of nitrogens with one attached hydrogen (secondary N) is 2. The average Bonchev–Trinajstić information content (AvgIpc) is 3.18. The summed E-state index contributed by atoms with van der Waals surface area (Å²) in [5, 5.41) is 8.85. The lowest BCUT2D eigenvalue weighted by molar-refractivity contribution is 0.584. The van der Waals surface area contributed by atoms with E-state index in [1.54, 1.807) is 17.8 Å². The third kappa shape index (κ3) is 3.41. The Morgan fingerprint density at radius 2 is 1.84 bits per heavy atom. The van der Waals surface area contributed by atoms with E-state index in [2.05, 4.69) is 15.2 Å². The summed E-state index contributed by atoms with van der Waals surface area (Å²) < 4.78 is 26.7. The first-order valence-corrected chi connectivity index (χ1v) is 8.85. The Balaban J connectivity index is 1.53. The summed E-state index contributed by atoms with van der Waals surface area (Å²) in [7, 11) is 0. The van der Waals surface area contributed by atoms with E-state index in [-0.39, 0.29) is 0 Å². The van der Waals surface area contributed by atoms with Crippen molar-refractivity contribution >= 4 is 34.3 Å². The molecule has 0 bridgehead atoms. The fraction of sp³-hybridized carbons (Fsp3) is 0.0556. The molecule has 0 unspecified atom stereocenters. The minimum absolute atomic E-state index is 0.409. The molecule has 0 atom stereocenters. The normalized spacial score (nSPS) is 11.3. The van der Waals surface area contributed by atoms with Crippen LogP contribution < -0.4 is 0 Å². The predicted molar refractivity (Wildman–Crippen MR) is 96.8 cm³/mol. The molecule has 2 aromatic carbocycles. The van der Waals surface area contributed by atoms with Crippen LogP contribution in [0, 0.1) is 11.6 Å². The number of aromatic amines is 2. The summed E-state index contributed by atoms with van der Waals surface area (Å²) in [6.07, 6.45) is 1.94. The Morgan fingerprint density at radius 1 is 1.04 bits per heavy atom. The van der Waals surface area contributed by atoms with E-state index in [4.69, 9.17) is 11.6 Å². The number of hydrogen-bond acceptors (Lipinski definition) is 2. The van der Waals surface area contributed by atoms with Crippen LogP contribution in [-0.4, -0.2) is 15.2 Å². The molecule has 0 spiro atoms. The smallest absolute Gasteiger partial charge is 0.126 e. The van der Waals surface area contributed by atoms with Gasteiger partial charge in [-0.05, 0) is 30.3 Å². The molecule has 0 aliphatic heterocycles. The lowest BCUT2D eigenvalue weighted by Crippen LogP contribution is -1.84. The number of rotatable bonds is 4. The number of benzene rings is 2. The fourth-order valence-corrected chi connectivity index (χ4v) is 3.74. The molecular weight excluding hydrogens is 364 g/mol. The molecule has 0 radical (unpaired) electrons. The zero-order valence-electron chi connectivity index (χ0n) is 12.8. The van der Waals surface area contributed by atoms with E-state index in [0.717, 1.165) is 27.6 Å². The lowest BCUT2D eigenvalue weighted by Gasteiger charge is -1.98. The third-order valence-electron chi connectivity index (χ3n) is 3.78. The summed E-state index contributed by atoms with van der Waals surface area (Å²) in [6.45, 7) is 0. The largest absolute Gasteiger partial charge is 0.360 e. The monoisotopic (exact) mass is 375 g/mol. The molecule has 0 aliphatic rings. The molecule has 7 heteroatoms. The van der Waals surface area contributed by atoms with E-state index in [1.807, 2.05) is 24.4 Å². The van der Waals surface area contributed by atoms with Crippen LogP contribution in [0.4, 0.5) is 8.78 Å². The molecule has 4 aromatic rings. The SMILES string of the molecule is Fc1cc(F)cc(-c2cc(CSc3c[nH]c4cc(Cl)ccc34)[nH]n2)c1. The van der Waals surface area contributed by atoms with Gasteiger partial charge in [-0.25, -0.2) is 8.78 Å². The van der Waals surface area contributed by atoms with Crippen molar-refractivity contribution in [3.63, 3.8) is 0 Å². The molecule has 0 amide bonds. The molecule has 0 saturated heterocycles. The summed E-state index contributed by atoms with van der Waals surface area (Å²) in [4.78, 5) is 4.29. The zero-order valence-corrected chi connectivity index (χ0v) is 14.4. The first-order valence-electron chi connectivity index (χ1n) is 7.49. The molecule has 4 rings (SSSR count). The van der Waals surface area contributed by atoms with Crippen molar-refractivity contribution in [1.82, 2.24) is 15.2 Å². The number of nitrogens with zero attached hydrogens (tertiary/aromatic N) is 1. The van der Waals surface area contributed by atoms with Crippen LogP contribution >= 0.6 is 23.4 Å². The van der Waals surface area contributed by atoms with Crippen molar-refractivity contribution in [3.05, 3.63) is 71.0 Å². The Kier molecular flexibility index (Phi) is 4.23. The summed E-state index contributed by atoms with van der Waals surface area (Å²) in [5.41, 5.74) is 2.77. The Bertz CT molecular complexity index is 1040. The maximum atomic E-state index is 13.3. The van der Waals surface area contributed by atoms with Crippen LogP contribution in [0.1, 0.15) is 5.69 Å². The van der Waals surface area contributed by atoms with Crippen molar-refractivity contribution in [3.8, 4) is 11.3 Å². The first-order chi connectivity index (χ1) is 12.1. The minimum Gasteiger partial charge on any atom is -0.360 e. The lowest BCUT2D eigenvalue weighted by atomic mass is 10.1. The van der Waals surface area contributed by atoms with E-state index >= 15 is 0 Å². The molecule has 0 fully saturated rings. The molecule has 2 N–H and O–H groups in total. The highest BCUT2D eigenvalue weighted by molar-refractivity contribution is 7.98. The number of fused-ring (bicyclic) bond motifs is 1. The van der Waals surface area contributed by atoms with Gasteiger partial charge in [0.25, 0.3) is 0 Å². The van der Waals surface area contributed by atoms with Crippen molar-refractivity contribution in [2.75, 3.05) is 0 Å². The second-order valence-corrected chi connectivity index (χ2v) is 7.02. The van der Waals surface area contributed by atoms with Crippen LogP contribution in [0.2, 0.25) is 5.02 Å². The molecule has 0 saturated carbocycles. The van der Waals surface area contributed by atoms with Crippen LogP contribution in [0.5, 0.6) is 0 Å². The number of aromatic nitrogens is 3. The number of hydrogen-bond donors (Lipinski definition) is 2. The van der Waals surface area contributed by atoms with Crippen molar-refractivity contribution in [2.24, 2.45) is 0 Å². The van der Waals surface area contributed by atoms with Crippen LogP contribution in [-0.2, 0) is 5.75 Å². The summed E-state index contributed by atoms with van der Waals surface area (Å²) >= 11 is 7.63. The first kappa shape index (κ1) is 16.2. The number of thioether (sulfide) groups is 1. The summed E-state index contributed by atoms with van der Waals surface area (Å²) in [5.74, 6) is -0.585. The summed E-state index contributed by atoms with van der Waals surface area (Å²) in [6, 6.07) is 10.9. The molecule has 0 aliphatic carbocycles. The van der Waals surface area contributed by atoms with Gasteiger partial charge in [-0.3, -0.25) is 5.10 Å². The molecule has 2 aromatic heterocycles. The van der Waals surface area contributed by atoms with Crippen LogP contribution in [0.15, 0.2) is 53.6 Å². The Labute approximate surface area is 151 Å². The highest BCUT2D eigenvalue weighted by atomic mass is 35.5. The van der Waals surface area contributed by atoms with E-state index in [1.165, 1.54) is 12.1 Å². The van der Waals surface area contributed by atoms with Crippen LogP contribution in [0.25, 0.3) is 22.2 Å². The third-order valence-corrected chi connectivity index (χ3v) is 5.12. The quantitative estimate of drug-likeness (QED) is 0.444. The second kappa shape index (κ2) is 6.54. The number of halogens is 3. The van der Waals surface area contributed by atoms with Crippen molar-refractivity contribution < 1.29 is 8.78 Å². The van der Waals surface area contributed by atoms with Gasteiger partial charge in [-0.15, -0.1) is 11.8 Å². The molecule has 3 nitrogen and oxygen atoms in total. The van der Waals surface area contributed by atoms with Gasteiger partial charge in [0.15, 0.2) is 0 Å². The van der Waals surface area contributed by atoms with Crippen molar-refractivity contribution in [2.45, 2.75) is 10.6 Å². The number of H-pyrrole nitrogens is 2. The average molecular weight is 376 g/mol. The second-order valence-electron chi connectivity index (χ2n) is 5.57. The molecule has 25 heavy (non-hydrogen) atoms. The minimum atomic E-state index is -0.619. The standard InChI is InChI=1S/C18H12ClF2N3S/c19-11-1-2-15-17(5-11)22-8-18(15)25-9-14-7-16(24-23-14)10-3-12(20)6-13(21)4-10/h1-8,22H,9H2,(H,23,24). The van der Waals surface area contributed by atoms with Crippen LogP contribution in [0.3, 0.4) is 0 Å². The topological polar surface area (TPSA) is 44.5 Å². The van der Waals surface area contributed by atoms with Gasteiger partial charge in [-0.1, -0.05) is 17.7 Å². The molecule has 126 valence electrons. The van der Waals surface area contributed by atoms with Gasteiger partial charge >= 0.3 is 0 Å². The fourth-order valence-electron chi connectivity index (χ4n) is 2.63. The van der Waals surface area contributed by atoms with Gasteiger partial charge in [-0.2, -0.15) is 5.10 Å². The van der Waals surface area contributed by atoms with E-state index < -0.39 is 11.6 Å². The highest BCUT2D eigenvalue weighted by Crippen LogP contribution is 2.32. The maximum Gasteiger partial charge on any atom is 0.126 e. The zero-order chi connectivity index (χ0) is 17.4. The van der Waals surface area contributed by atoms with Gasteiger partial charge in [0.1, 0.15) is 11.6 Å². The van der Waals surface area contributed by atoms with Gasteiger partial charge in [0, 0.05) is 50.1 Å². The molecule has 2 heterocycles. The highest BCUT2D eigenvalue weighted by Gasteiger charge is 2.09. The van der Waals surface area contributed by atoms with Gasteiger partial charge in [0.2, 0.25) is 0 Å². The van der Waals surface area contributed by atoms with E-state index in [9.17, 15) is 8.78 Å². The Morgan fingerprint density at radius 3 is 2.64 bits per heavy atom. The maximum absolute atomic E-state index is 13.3. The molecular formula is C18H12ClF2N3S. The van der Waals surface area contributed by atoms with Crippen molar-refractivity contribution in [1.29, 1.82) is 0 Å². The predicted octanol–water partition coefficient (Wildman–Crippen LogP) is 5.78.